The monoisotopic (exact) mass is 194 g/mol. The van der Waals surface area contributed by atoms with E-state index in [1.54, 1.807) is 0 Å². The summed E-state index contributed by atoms with van der Waals surface area (Å²) in [4.78, 5) is 3.68. The van der Waals surface area contributed by atoms with Crippen LogP contribution in [0.2, 0.25) is 0 Å². The summed E-state index contributed by atoms with van der Waals surface area (Å²) in [6, 6.07) is 1.29. The average Bonchev–Trinajstić information content (AvgIpc) is 2.65. The first-order valence-electron chi connectivity index (χ1n) is 3.92. The third-order valence-electron chi connectivity index (χ3n) is 1.73. The minimum absolute atomic E-state index is 0.253. The molecule has 2 aromatic rings. The van der Waals surface area contributed by atoms with E-state index in [4.69, 9.17) is 5.11 Å². The molecule has 2 heterocycles. The van der Waals surface area contributed by atoms with E-state index in [-0.39, 0.29) is 6.61 Å². The van der Waals surface area contributed by atoms with Gasteiger partial charge in [-0.05, 0) is 0 Å². The molecule has 0 unspecified atom stereocenters. The van der Waals surface area contributed by atoms with Crippen LogP contribution in [0.15, 0.2) is 24.8 Å². The molecular weight excluding hydrogens is 187 g/mol. The zero-order valence-corrected chi connectivity index (χ0v) is 7.13. The van der Waals surface area contributed by atoms with Crippen LogP contribution >= 0.6 is 0 Å². The predicted molar refractivity (Wildman–Crippen MR) is 45.0 cm³/mol. The van der Waals surface area contributed by atoms with Crippen LogP contribution < -0.4 is 0 Å². The van der Waals surface area contributed by atoms with Gasteiger partial charge in [0.2, 0.25) is 0 Å². The fourth-order valence-electron chi connectivity index (χ4n) is 1.11. The third-order valence-corrected chi connectivity index (χ3v) is 1.73. The summed E-state index contributed by atoms with van der Waals surface area (Å²) in [5, 5.41) is 16.2. The average molecular weight is 194 g/mol. The molecule has 1 N–H and O–H groups in total. The predicted octanol–water partition coefficient (Wildman–Crippen LogP) is 0.294. The first-order valence-corrected chi connectivity index (χ1v) is 3.92. The Kier molecular flexibility index (Phi) is 2.19. The maximum Gasteiger partial charge on any atom is 0.163 e. The Morgan fingerprint density at radius 2 is 2.29 bits per heavy atom. The van der Waals surface area contributed by atoms with Crippen LogP contribution in [0.1, 0.15) is 5.82 Å². The lowest BCUT2D eigenvalue weighted by atomic mass is 10.4. The van der Waals surface area contributed by atoms with Gasteiger partial charge in [0.05, 0.1) is 18.1 Å². The van der Waals surface area contributed by atoms with Crippen LogP contribution in [0.25, 0.3) is 5.69 Å². The number of hydrogen-bond donors (Lipinski definition) is 1. The summed E-state index contributed by atoms with van der Waals surface area (Å²) in [7, 11) is 0. The van der Waals surface area contributed by atoms with Crippen molar-refractivity contribution in [3.8, 4) is 5.69 Å². The quantitative estimate of drug-likeness (QED) is 0.746. The topological polar surface area (TPSA) is 63.8 Å². The summed E-state index contributed by atoms with van der Waals surface area (Å²) in [6.07, 6.45) is 3.96. The molecule has 0 bridgehead atoms. The van der Waals surface area contributed by atoms with E-state index in [2.05, 4.69) is 15.2 Å². The Hall–Kier alpha value is -1.82. The van der Waals surface area contributed by atoms with Gasteiger partial charge in [-0.2, -0.15) is 0 Å². The number of halogens is 1. The molecule has 5 nitrogen and oxygen atoms in total. The minimum atomic E-state index is -0.444. The smallest absolute Gasteiger partial charge is 0.163 e. The summed E-state index contributed by atoms with van der Waals surface area (Å²) in [5.41, 5.74) is 0.485. The van der Waals surface area contributed by atoms with Crippen LogP contribution in [-0.4, -0.2) is 24.9 Å². The fourth-order valence-corrected chi connectivity index (χ4v) is 1.11. The lowest BCUT2D eigenvalue weighted by Crippen LogP contribution is -2.00. The second-order valence-electron chi connectivity index (χ2n) is 2.64. The Morgan fingerprint density at radius 3 is 3.00 bits per heavy atom. The van der Waals surface area contributed by atoms with Crippen LogP contribution in [0.5, 0.6) is 0 Å². The highest BCUT2D eigenvalue weighted by molar-refractivity contribution is 5.29. The molecule has 14 heavy (non-hydrogen) atoms. The van der Waals surface area contributed by atoms with Crippen molar-refractivity contribution in [3.05, 3.63) is 36.4 Å². The van der Waals surface area contributed by atoms with E-state index in [0.717, 1.165) is 6.20 Å². The van der Waals surface area contributed by atoms with Gasteiger partial charge in [-0.1, -0.05) is 0 Å². The largest absolute Gasteiger partial charge is 0.388 e. The number of aromatic nitrogens is 4. The van der Waals surface area contributed by atoms with E-state index in [9.17, 15) is 4.39 Å². The maximum atomic E-state index is 12.8. The lowest BCUT2D eigenvalue weighted by molar-refractivity contribution is 0.269. The van der Waals surface area contributed by atoms with Crippen molar-refractivity contribution in [3.63, 3.8) is 0 Å². The van der Waals surface area contributed by atoms with Gasteiger partial charge < -0.3 is 5.11 Å². The first kappa shape index (κ1) is 8.76. The molecular formula is C8H7FN4O. The molecule has 2 aromatic heterocycles. The maximum absolute atomic E-state index is 12.8. The van der Waals surface area contributed by atoms with Crippen molar-refractivity contribution in [2.24, 2.45) is 0 Å². The van der Waals surface area contributed by atoms with E-state index < -0.39 is 5.82 Å². The molecule has 0 amide bonds. The Balaban J connectivity index is 2.49. The molecule has 0 spiro atoms. The normalized spacial score (nSPS) is 10.4. The Labute approximate surface area is 78.9 Å². The molecule has 72 valence electrons. The lowest BCUT2D eigenvalue weighted by Gasteiger charge is -2.03. The molecule has 0 aliphatic rings. The zero-order valence-electron chi connectivity index (χ0n) is 7.13. The highest BCUT2D eigenvalue weighted by Crippen LogP contribution is 2.09. The SMILES string of the molecule is OCc1nncn1-c1cncc(F)c1. The van der Waals surface area contributed by atoms with Gasteiger partial charge in [-0.15, -0.1) is 10.2 Å². The second-order valence-corrected chi connectivity index (χ2v) is 2.64. The van der Waals surface area contributed by atoms with Crippen LogP contribution in [-0.2, 0) is 6.61 Å². The Morgan fingerprint density at radius 1 is 1.43 bits per heavy atom. The summed E-state index contributed by atoms with van der Waals surface area (Å²) < 4.78 is 14.3. The van der Waals surface area contributed by atoms with Gasteiger partial charge in [-0.25, -0.2) is 4.39 Å². The van der Waals surface area contributed by atoms with E-state index in [0.29, 0.717) is 11.5 Å². The van der Waals surface area contributed by atoms with Gasteiger partial charge in [0.1, 0.15) is 18.8 Å². The third kappa shape index (κ3) is 1.47. The molecule has 0 fully saturated rings. The van der Waals surface area contributed by atoms with E-state index in [1.807, 2.05) is 0 Å². The summed E-state index contributed by atoms with van der Waals surface area (Å²) >= 11 is 0. The number of aliphatic hydroxyl groups is 1. The first-order chi connectivity index (χ1) is 6.81. The van der Waals surface area contributed by atoms with Crippen LogP contribution in [0.3, 0.4) is 0 Å². The molecule has 0 saturated heterocycles. The van der Waals surface area contributed by atoms with Gasteiger partial charge in [0, 0.05) is 6.07 Å². The molecule has 0 atom stereocenters. The van der Waals surface area contributed by atoms with E-state index in [1.165, 1.54) is 23.2 Å². The van der Waals surface area contributed by atoms with Gasteiger partial charge >= 0.3 is 0 Å². The van der Waals surface area contributed by atoms with Crippen molar-refractivity contribution in [1.29, 1.82) is 0 Å². The zero-order chi connectivity index (χ0) is 9.97. The highest BCUT2D eigenvalue weighted by atomic mass is 19.1. The number of hydrogen-bond acceptors (Lipinski definition) is 4. The summed E-state index contributed by atoms with van der Waals surface area (Å²) in [6.45, 7) is -0.253. The molecule has 0 saturated carbocycles. The van der Waals surface area contributed by atoms with Crippen molar-refractivity contribution in [2.75, 3.05) is 0 Å². The fraction of sp³-hybridized carbons (Fsp3) is 0.125. The Bertz CT molecular complexity index is 442. The van der Waals surface area contributed by atoms with Crippen molar-refractivity contribution in [2.45, 2.75) is 6.61 Å². The second kappa shape index (κ2) is 3.51. The van der Waals surface area contributed by atoms with Gasteiger partial charge in [0.15, 0.2) is 5.82 Å². The number of rotatable bonds is 2. The molecule has 0 radical (unpaired) electrons. The summed E-state index contributed by atoms with van der Waals surface area (Å²) in [5.74, 6) is -0.0995. The molecule has 0 aliphatic heterocycles. The van der Waals surface area contributed by atoms with Gasteiger partial charge in [-0.3, -0.25) is 9.55 Å². The number of nitrogens with zero attached hydrogens (tertiary/aromatic N) is 4. The van der Waals surface area contributed by atoms with E-state index >= 15 is 0 Å². The molecule has 2 rings (SSSR count). The van der Waals surface area contributed by atoms with Crippen molar-refractivity contribution >= 4 is 0 Å². The number of aliphatic hydroxyl groups excluding tert-OH is 1. The van der Waals surface area contributed by atoms with Crippen LogP contribution in [0, 0.1) is 5.82 Å². The van der Waals surface area contributed by atoms with Gasteiger partial charge in [0.25, 0.3) is 0 Å². The molecule has 0 aliphatic carbocycles. The standard InChI is InChI=1S/C8H7FN4O/c9-6-1-7(3-10-2-6)13-5-11-12-8(13)4-14/h1-3,5,14H,4H2. The number of pyridine rings is 1. The van der Waals surface area contributed by atoms with Crippen LogP contribution in [0.4, 0.5) is 4.39 Å². The highest BCUT2D eigenvalue weighted by Gasteiger charge is 2.05. The van der Waals surface area contributed by atoms with Crippen molar-refractivity contribution < 1.29 is 9.50 Å². The molecule has 0 aromatic carbocycles. The van der Waals surface area contributed by atoms with Crippen molar-refractivity contribution in [1.82, 2.24) is 19.7 Å². The molecule has 6 heteroatoms. The minimum Gasteiger partial charge on any atom is -0.388 e.